The molecule has 2 fully saturated rings. The lowest BCUT2D eigenvalue weighted by Gasteiger charge is -2.34. The zero-order valence-corrected chi connectivity index (χ0v) is 14.1. The van der Waals surface area contributed by atoms with Gasteiger partial charge in [0, 0.05) is 49.7 Å². The fourth-order valence-corrected chi connectivity index (χ4v) is 2.91. The molecule has 0 spiro atoms. The quantitative estimate of drug-likeness (QED) is 0.881. The van der Waals surface area contributed by atoms with E-state index in [9.17, 15) is 0 Å². The minimum absolute atomic E-state index is 0.593. The van der Waals surface area contributed by atoms with Gasteiger partial charge in [-0.3, -0.25) is 0 Å². The van der Waals surface area contributed by atoms with Gasteiger partial charge in [0.05, 0.1) is 0 Å². The lowest BCUT2D eigenvalue weighted by Crippen LogP contribution is -2.44. The standard InChI is InChI=1S/C18H24N6/c1-23-8-10-24(11-9-23)16-6-4-15(5-7-16)22-18-12-17(19-13-20-18)21-14-2-3-14/h4-7,12-14H,2-3,8-11H2,1H3,(H2,19,20,21,22). The molecule has 6 heteroatoms. The van der Waals surface area contributed by atoms with Crippen molar-refractivity contribution in [1.82, 2.24) is 14.9 Å². The van der Waals surface area contributed by atoms with Crippen molar-refractivity contribution in [3.8, 4) is 0 Å². The summed E-state index contributed by atoms with van der Waals surface area (Å²) in [5, 5.41) is 6.75. The fraction of sp³-hybridized carbons (Fsp3) is 0.444. The van der Waals surface area contributed by atoms with Crippen LogP contribution in [-0.2, 0) is 0 Å². The molecule has 2 heterocycles. The number of rotatable bonds is 5. The molecule has 6 nitrogen and oxygen atoms in total. The van der Waals surface area contributed by atoms with Crippen molar-refractivity contribution in [2.45, 2.75) is 18.9 Å². The monoisotopic (exact) mass is 324 g/mol. The maximum Gasteiger partial charge on any atom is 0.135 e. The first-order chi connectivity index (χ1) is 11.8. The zero-order valence-electron chi connectivity index (χ0n) is 14.1. The van der Waals surface area contributed by atoms with Gasteiger partial charge in [-0.15, -0.1) is 0 Å². The Balaban J connectivity index is 1.39. The number of anilines is 4. The van der Waals surface area contributed by atoms with Crippen LogP contribution in [0.1, 0.15) is 12.8 Å². The largest absolute Gasteiger partial charge is 0.369 e. The second-order valence-electron chi connectivity index (χ2n) is 6.67. The molecule has 1 saturated heterocycles. The molecule has 0 amide bonds. The molecule has 2 N–H and O–H groups in total. The van der Waals surface area contributed by atoms with Crippen LogP contribution >= 0.6 is 0 Å². The molecule has 2 aliphatic rings. The maximum atomic E-state index is 4.30. The Morgan fingerprint density at radius 1 is 0.958 bits per heavy atom. The third-order valence-electron chi connectivity index (χ3n) is 4.60. The summed E-state index contributed by atoms with van der Waals surface area (Å²) in [4.78, 5) is 13.4. The maximum absolute atomic E-state index is 4.30. The molecular formula is C18H24N6. The summed E-state index contributed by atoms with van der Waals surface area (Å²) in [7, 11) is 2.18. The van der Waals surface area contributed by atoms with Crippen LogP contribution in [0.25, 0.3) is 0 Å². The lowest BCUT2D eigenvalue weighted by atomic mass is 10.2. The highest BCUT2D eigenvalue weighted by atomic mass is 15.2. The Labute approximate surface area is 142 Å². The minimum Gasteiger partial charge on any atom is -0.369 e. The van der Waals surface area contributed by atoms with Gasteiger partial charge in [-0.25, -0.2) is 9.97 Å². The molecule has 0 unspecified atom stereocenters. The first kappa shape index (κ1) is 15.2. The van der Waals surface area contributed by atoms with Gasteiger partial charge in [-0.2, -0.15) is 0 Å². The van der Waals surface area contributed by atoms with Crippen molar-refractivity contribution in [1.29, 1.82) is 0 Å². The van der Waals surface area contributed by atoms with Crippen LogP contribution in [-0.4, -0.2) is 54.1 Å². The molecule has 1 aliphatic heterocycles. The molecule has 0 bridgehead atoms. The van der Waals surface area contributed by atoms with Crippen molar-refractivity contribution in [2.75, 3.05) is 48.8 Å². The van der Waals surface area contributed by atoms with E-state index in [1.165, 1.54) is 18.5 Å². The van der Waals surface area contributed by atoms with E-state index in [1.54, 1.807) is 6.33 Å². The summed E-state index contributed by atoms with van der Waals surface area (Å²) >= 11 is 0. The number of benzene rings is 1. The molecule has 1 saturated carbocycles. The molecule has 2 aromatic rings. The molecule has 1 aromatic heterocycles. The van der Waals surface area contributed by atoms with E-state index in [2.05, 4.69) is 61.7 Å². The number of likely N-dealkylation sites (N-methyl/N-ethyl adjacent to an activating group) is 1. The Morgan fingerprint density at radius 2 is 1.67 bits per heavy atom. The average Bonchev–Trinajstić information content (AvgIpc) is 3.41. The van der Waals surface area contributed by atoms with E-state index in [-0.39, 0.29) is 0 Å². The number of hydrogen-bond acceptors (Lipinski definition) is 6. The van der Waals surface area contributed by atoms with Gasteiger partial charge in [0.1, 0.15) is 18.0 Å². The highest BCUT2D eigenvalue weighted by Gasteiger charge is 2.21. The summed E-state index contributed by atoms with van der Waals surface area (Å²) in [6.45, 7) is 4.42. The Bertz CT molecular complexity index is 674. The fourth-order valence-electron chi connectivity index (χ4n) is 2.91. The summed E-state index contributed by atoms with van der Waals surface area (Å²) in [5.74, 6) is 1.71. The van der Waals surface area contributed by atoms with E-state index in [4.69, 9.17) is 0 Å². The zero-order chi connectivity index (χ0) is 16.4. The summed E-state index contributed by atoms with van der Waals surface area (Å²) in [6, 6.07) is 11.1. The topological polar surface area (TPSA) is 56.3 Å². The number of nitrogens with zero attached hydrogens (tertiary/aromatic N) is 4. The van der Waals surface area contributed by atoms with Gasteiger partial charge in [0.25, 0.3) is 0 Å². The van der Waals surface area contributed by atoms with Crippen LogP contribution in [0.2, 0.25) is 0 Å². The Kier molecular flexibility index (Phi) is 4.21. The number of hydrogen-bond donors (Lipinski definition) is 2. The average molecular weight is 324 g/mol. The number of piperazine rings is 1. The Morgan fingerprint density at radius 3 is 2.38 bits per heavy atom. The minimum atomic E-state index is 0.593. The van der Waals surface area contributed by atoms with Crippen LogP contribution in [0.15, 0.2) is 36.7 Å². The molecule has 0 atom stereocenters. The molecule has 0 radical (unpaired) electrons. The number of aromatic nitrogens is 2. The van der Waals surface area contributed by atoms with E-state index < -0.39 is 0 Å². The third kappa shape index (κ3) is 3.76. The van der Waals surface area contributed by atoms with E-state index >= 15 is 0 Å². The van der Waals surface area contributed by atoms with Crippen molar-refractivity contribution in [2.24, 2.45) is 0 Å². The number of nitrogens with one attached hydrogen (secondary N) is 2. The van der Waals surface area contributed by atoms with Crippen LogP contribution in [0, 0.1) is 0 Å². The summed E-state index contributed by atoms with van der Waals surface area (Å²) in [6.07, 6.45) is 4.08. The molecule has 1 aliphatic carbocycles. The molecule has 1 aromatic carbocycles. The molecule has 4 rings (SSSR count). The van der Waals surface area contributed by atoms with Crippen molar-refractivity contribution in [3.63, 3.8) is 0 Å². The van der Waals surface area contributed by atoms with E-state index in [0.29, 0.717) is 6.04 Å². The second kappa shape index (κ2) is 6.65. The van der Waals surface area contributed by atoms with Gasteiger partial charge < -0.3 is 20.4 Å². The predicted octanol–water partition coefficient (Wildman–Crippen LogP) is 2.55. The molecule has 126 valence electrons. The SMILES string of the molecule is CN1CCN(c2ccc(Nc3cc(NC4CC4)ncn3)cc2)CC1. The summed E-state index contributed by atoms with van der Waals surface area (Å²) in [5.41, 5.74) is 2.33. The summed E-state index contributed by atoms with van der Waals surface area (Å²) < 4.78 is 0. The van der Waals surface area contributed by atoms with Gasteiger partial charge in [-0.1, -0.05) is 0 Å². The first-order valence-electron chi connectivity index (χ1n) is 8.65. The molecular weight excluding hydrogens is 300 g/mol. The third-order valence-corrected chi connectivity index (χ3v) is 4.60. The predicted molar refractivity (Wildman–Crippen MR) is 98.1 cm³/mol. The van der Waals surface area contributed by atoms with Gasteiger partial charge >= 0.3 is 0 Å². The van der Waals surface area contributed by atoms with Crippen LogP contribution in [0.3, 0.4) is 0 Å². The highest BCUT2D eigenvalue weighted by Crippen LogP contribution is 2.25. The highest BCUT2D eigenvalue weighted by molar-refractivity contribution is 5.62. The van der Waals surface area contributed by atoms with Gasteiger partial charge in [0.2, 0.25) is 0 Å². The lowest BCUT2D eigenvalue weighted by molar-refractivity contribution is 0.313. The Hall–Kier alpha value is -2.34. The van der Waals surface area contributed by atoms with E-state index in [0.717, 1.165) is 43.5 Å². The van der Waals surface area contributed by atoms with Crippen molar-refractivity contribution >= 4 is 23.0 Å². The van der Waals surface area contributed by atoms with Crippen molar-refractivity contribution in [3.05, 3.63) is 36.7 Å². The smallest absolute Gasteiger partial charge is 0.135 e. The molecule has 24 heavy (non-hydrogen) atoms. The van der Waals surface area contributed by atoms with Crippen molar-refractivity contribution < 1.29 is 0 Å². The van der Waals surface area contributed by atoms with Crippen LogP contribution in [0.4, 0.5) is 23.0 Å². The van der Waals surface area contributed by atoms with Gasteiger partial charge in [0.15, 0.2) is 0 Å². The van der Waals surface area contributed by atoms with Crippen LogP contribution < -0.4 is 15.5 Å². The normalized spacial score (nSPS) is 18.5. The second-order valence-corrected chi connectivity index (χ2v) is 6.67. The van der Waals surface area contributed by atoms with Gasteiger partial charge in [-0.05, 0) is 44.2 Å². The first-order valence-corrected chi connectivity index (χ1v) is 8.65. The van der Waals surface area contributed by atoms with Crippen LogP contribution in [0.5, 0.6) is 0 Å². The van der Waals surface area contributed by atoms with E-state index in [1.807, 2.05) is 6.07 Å².